The van der Waals surface area contributed by atoms with Crippen molar-refractivity contribution in [3.05, 3.63) is 40.9 Å². The Bertz CT molecular complexity index is 1070. The summed E-state index contributed by atoms with van der Waals surface area (Å²) in [6.07, 6.45) is 3.48. The van der Waals surface area contributed by atoms with Crippen LogP contribution in [0.2, 0.25) is 0 Å². The zero-order valence-electron chi connectivity index (χ0n) is 17.7. The fourth-order valence-electron chi connectivity index (χ4n) is 3.11. The van der Waals surface area contributed by atoms with E-state index in [1.807, 2.05) is 6.92 Å². The standard InChI is InChI=1S/C21H25N3O6S2/c1-2-28-13-16-11-22-21(31-16)23-20(25)19(24-30-15-9-10-29-12-15)14-3-5-17(6-4-14)32(26,27)18-7-8-18/h3-6,11,15,18H,2,7-10,12-13H2,1H3,(H,22,23,25)/t15-/m1/s1. The highest BCUT2D eigenvalue weighted by Crippen LogP contribution is 2.33. The highest BCUT2D eigenvalue weighted by molar-refractivity contribution is 7.92. The van der Waals surface area contributed by atoms with Gasteiger partial charge in [0.15, 0.2) is 26.8 Å². The summed E-state index contributed by atoms with van der Waals surface area (Å²) >= 11 is 1.31. The molecular formula is C21H25N3O6S2. The number of oxime groups is 1. The van der Waals surface area contributed by atoms with Gasteiger partial charge in [0.05, 0.1) is 34.8 Å². The number of carbonyl (C=O) groups excluding carboxylic acids is 1. The number of sulfone groups is 1. The van der Waals surface area contributed by atoms with Crippen LogP contribution in [0.5, 0.6) is 0 Å². The molecule has 1 aromatic carbocycles. The van der Waals surface area contributed by atoms with Gasteiger partial charge < -0.3 is 14.3 Å². The fraction of sp³-hybridized carbons (Fsp3) is 0.476. The van der Waals surface area contributed by atoms with Crippen LogP contribution in [0, 0.1) is 0 Å². The lowest BCUT2D eigenvalue weighted by atomic mass is 10.1. The zero-order valence-corrected chi connectivity index (χ0v) is 19.3. The number of ether oxygens (including phenoxy) is 2. The van der Waals surface area contributed by atoms with Crippen molar-refractivity contribution in [3.8, 4) is 0 Å². The number of hydrogen-bond donors (Lipinski definition) is 1. The molecule has 1 amide bonds. The Morgan fingerprint density at radius 1 is 1.28 bits per heavy atom. The van der Waals surface area contributed by atoms with Gasteiger partial charge in [-0.3, -0.25) is 10.1 Å². The van der Waals surface area contributed by atoms with Gasteiger partial charge in [-0.1, -0.05) is 28.6 Å². The largest absolute Gasteiger partial charge is 0.389 e. The number of aromatic nitrogens is 1. The highest BCUT2D eigenvalue weighted by Gasteiger charge is 2.36. The molecular weight excluding hydrogens is 454 g/mol. The Balaban J connectivity index is 1.53. The minimum atomic E-state index is -3.32. The summed E-state index contributed by atoms with van der Waals surface area (Å²) in [4.78, 5) is 23.9. The zero-order chi connectivity index (χ0) is 22.6. The lowest BCUT2D eigenvalue weighted by Crippen LogP contribution is -2.25. The van der Waals surface area contributed by atoms with Crippen LogP contribution >= 0.6 is 11.3 Å². The maximum Gasteiger partial charge on any atom is 0.280 e. The van der Waals surface area contributed by atoms with E-state index >= 15 is 0 Å². The normalized spacial score (nSPS) is 19.2. The van der Waals surface area contributed by atoms with Gasteiger partial charge >= 0.3 is 0 Å². The van der Waals surface area contributed by atoms with Crippen molar-refractivity contribution in [1.29, 1.82) is 0 Å². The molecule has 4 rings (SSSR count). The van der Waals surface area contributed by atoms with Crippen LogP contribution in [0.15, 0.2) is 40.5 Å². The second-order valence-corrected chi connectivity index (χ2v) is 10.9. The first-order chi connectivity index (χ1) is 15.5. The van der Waals surface area contributed by atoms with Crippen LogP contribution in [0.1, 0.15) is 36.6 Å². The van der Waals surface area contributed by atoms with E-state index in [9.17, 15) is 13.2 Å². The summed E-state index contributed by atoms with van der Waals surface area (Å²) in [6, 6.07) is 6.16. The number of nitrogens with one attached hydrogen (secondary N) is 1. The third-order valence-corrected chi connectivity index (χ3v) is 8.20. The van der Waals surface area contributed by atoms with Gasteiger partial charge in [-0.2, -0.15) is 0 Å². The number of rotatable bonds is 10. The van der Waals surface area contributed by atoms with Crippen LogP contribution in [0.3, 0.4) is 0 Å². The molecule has 1 aliphatic carbocycles. The first-order valence-corrected chi connectivity index (χ1v) is 12.8. The van der Waals surface area contributed by atoms with Crippen molar-refractivity contribution in [1.82, 2.24) is 4.98 Å². The molecule has 0 unspecified atom stereocenters. The van der Waals surface area contributed by atoms with E-state index in [0.29, 0.717) is 56.4 Å². The number of carbonyl (C=O) groups is 1. The molecule has 0 spiro atoms. The van der Waals surface area contributed by atoms with Crippen molar-refractivity contribution in [2.75, 3.05) is 25.1 Å². The first kappa shape index (κ1) is 22.8. The van der Waals surface area contributed by atoms with Gasteiger partial charge in [-0.25, -0.2) is 13.4 Å². The molecule has 2 aromatic rings. The second-order valence-electron chi connectivity index (χ2n) is 7.52. The smallest absolute Gasteiger partial charge is 0.280 e. The molecule has 0 radical (unpaired) electrons. The molecule has 9 nitrogen and oxygen atoms in total. The highest BCUT2D eigenvalue weighted by atomic mass is 32.2. The van der Waals surface area contributed by atoms with E-state index in [4.69, 9.17) is 14.3 Å². The van der Waals surface area contributed by atoms with E-state index in [1.165, 1.54) is 23.5 Å². The SMILES string of the molecule is CCOCc1cnc(NC(=O)C(=NO[C@@H]2CCOC2)c2ccc(S(=O)(=O)C3CC3)cc2)s1. The lowest BCUT2D eigenvalue weighted by Gasteiger charge is -2.10. The summed E-state index contributed by atoms with van der Waals surface area (Å²) in [5.74, 6) is -0.501. The number of benzene rings is 1. The van der Waals surface area contributed by atoms with E-state index in [-0.39, 0.29) is 22.0 Å². The first-order valence-electron chi connectivity index (χ1n) is 10.5. The summed E-state index contributed by atoms with van der Waals surface area (Å²) < 4.78 is 35.6. The lowest BCUT2D eigenvalue weighted by molar-refractivity contribution is -0.110. The predicted molar refractivity (Wildman–Crippen MR) is 120 cm³/mol. The van der Waals surface area contributed by atoms with Crippen LogP contribution in [0.4, 0.5) is 5.13 Å². The molecule has 32 heavy (non-hydrogen) atoms. The molecule has 172 valence electrons. The summed E-state index contributed by atoms with van der Waals surface area (Å²) in [7, 11) is -3.32. The predicted octanol–water partition coefficient (Wildman–Crippen LogP) is 2.76. The van der Waals surface area contributed by atoms with Crippen LogP contribution in [0.25, 0.3) is 0 Å². The third kappa shape index (κ3) is 5.52. The molecule has 2 aliphatic rings. The van der Waals surface area contributed by atoms with E-state index < -0.39 is 15.7 Å². The molecule has 1 N–H and O–H groups in total. The molecule has 1 saturated carbocycles. The van der Waals surface area contributed by atoms with E-state index in [1.54, 1.807) is 18.3 Å². The molecule has 1 saturated heterocycles. The summed E-state index contributed by atoms with van der Waals surface area (Å²) in [6.45, 7) is 3.90. The van der Waals surface area contributed by atoms with E-state index in [2.05, 4.69) is 15.5 Å². The number of nitrogens with zero attached hydrogens (tertiary/aromatic N) is 2. The van der Waals surface area contributed by atoms with Crippen LogP contribution in [-0.4, -0.2) is 56.2 Å². The topological polar surface area (TPSA) is 116 Å². The van der Waals surface area contributed by atoms with Crippen molar-refractivity contribution in [3.63, 3.8) is 0 Å². The quantitative estimate of drug-likeness (QED) is 0.411. The van der Waals surface area contributed by atoms with Gasteiger partial charge in [0.2, 0.25) is 0 Å². The summed E-state index contributed by atoms with van der Waals surface area (Å²) in [5, 5.41) is 6.95. The average molecular weight is 480 g/mol. The third-order valence-electron chi connectivity index (χ3n) is 5.04. The number of amides is 1. The van der Waals surface area contributed by atoms with Gasteiger partial charge in [-0.15, -0.1) is 0 Å². The average Bonchev–Trinajstić information content (AvgIpc) is 3.36. The maximum atomic E-state index is 13.0. The van der Waals surface area contributed by atoms with Crippen molar-refractivity contribution >= 4 is 37.9 Å². The van der Waals surface area contributed by atoms with Crippen molar-refractivity contribution in [2.45, 2.75) is 49.0 Å². The number of anilines is 1. The Labute approximate surface area is 190 Å². The monoisotopic (exact) mass is 479 g/mol. The molecule has 1 aromatic heterocycles. The molecule has 1 atom stereocenters. The Hall–Kier alpha value is -2.34. The minimum Gasteiger partial charge on any atom is -0.389 e. The number of thiazole rings is 1. The van der Waals surface area contributed by atoms with Crippen molar-refractivity contribution < 1.29 is 27.5 Å². The van der Waals surface area contributed by atoms with Gasteiger partial charge in [0.25, 0.3) is 5.91 Å². The Morgan fingerprint density at radius 3 is 2.72 bits per heavy atom. The Morgan fingerprint density at radius 2 is 2.06 bits per heavy atom. The molecule has 0 bridgehead atoms. The molecule has 11 heteroatoms. The van der Waals surface area contributed by atoms with E-state index in [0.717, 1.165) is 4.88 Å². The summed E-state index contributed by atoms with van der Waals surface area (Å²) in [5.41, 5.74) is 0.482. The van der Waals surface area contributed by atoms with Gasteiger partial charge in [-0.05, 0) is 31.9 Å². The second kappa shape index (κ2) is 10.1. The maximum absolute atomic E-state index is 13.0. The molecule has 2 heterocycles. The van der Waals surface area contributed by atoms with Crippen molar-refractivity contribution in [2.24, 2.45) is 5.16 Å². The van der Waals surface area contributed by atoms with Gasteiger partial charge in [0.1, 0.15) is 0 Å². The van der Waals surface area contributed by atoms with Gasteiger partial charge in [0, 0.05) is 24.8 Å². The van der Waals surface area contributed by atoms with Crippen LogP contribution in [-0.2, 0) is 35.5 Å². The van der Waals surface area contributed by atoms with Crippen LogP contribution < -0.4 is 5.32 Å². The Kier molecular flexibility index (Phi) is 7.19. The number of hydrogen-bond acceptors (Lipinski definition) is 9. The molecule has 2 fully saturated rings. The molecule has 1 aliphatic heterocycles. The fourth-order valence-corrected chi connectivity index (χ4v) is 5.51. The minimum absolute atomic E-state index is 0.0360.